The first kappa shape index (κ1) is 94.8. The molecular weight excluding hydrogens is 1180 g/mol. The number of nitrogens with one attached hydrogen (secondary N) is 1. The van der Waals surface area contributed by atoms with Gasteiger partial charge in [-0.1, -0.05) is 477 Å². The maximum atomic E-state index is 3.92. The fourth-order valence-corrected chi connectivity index (χ4v) is 16.1. The van der Waals surface area contributed by atoms with Crippen LogP contribution in [0.5, 0.6) is 0 Å². The van der Waals surface area contributed by atoms with Gasteiger partial charge in [0.1, 0.15) is 0 Å². The standard InChI is InChI=1S/C92H189N5/c1-5-9-13-17-21-25-29-33-37-41-45-46-47-51-55-59-63-67-71-75-79-93-80-84-95(83-78-74-70-66-62-58-54-50-44-40-36-32-28-24-20-16-12-8-4)86-88-97-91-89-96(90-92-97)87-85-94(81-76-72-68-64-60-56-52-48-42-38-34-30-26-22-18-14-10-6-2)82-77-73-69-65-61-57-53-49-43-39-35-31-27-23-19-15-11-7-3/h93H,5-92H2,1-4H3. The molecule has 0 radical (unpaired) electrons. The van der Waals surface area contributed by atoms with Gasteiger partial charge in [0.25, 0.3) is 0 Å². The van der Waals surface area contributed by atoms with Gasteiger partial charge < -0.3 is 15.1 Å². The Balaban J connectivity index is 2.48. The molecule has 0 bridgehead atoms. The van der Waals surface area contributed by atoms with Crippen molar-refractivity contribution >= 4 is 0 Å². The van der Waals surface area contributed by atoms with Crippen molar-refractivity contribution in [2.24, 2.45) is 0 Å². The molecule has 0 aromatic rings. The maximum Gasteiger partial charge on any atom is 0.0110 e. The summed E-state index contributed by atoms with van der Waals surface area (Å²) in [5.41, 5.74) is 0. The summed E-state index contributed by atoms with van der Waals surface area (Å²) in [6.07, 6.45) is 108. The third-order valence-corrected chi connectivity index (χ3v) is 23.2. The minimum atomic E-state index is 1.17. The summed E-state index contributed by atoms with van der Waals surface area (Å²) >= 11 is 0. The van der Waals surface area contributed by atoms with Gasteiger partial charge in [0.05, 0.1) is 0 Å². The predicted molar refractivity (Wildman–Crippen MR) is 443 cm³/mol. The molecule has 1 N–H and O–H groups in total. The molecule has 1 aliphatic rings. The van der Waals surface area contributed by atoms with Crippen molar-refractivity contribution < 1.29 is 0 Å². The van der Waals surface area contributed by atoms with Crippen molar-refractivity contribution in [3.05, 3.63) is 0 Å². The van der Waals surface area contributed by atoms with Gasteiger partial charge >= 0.3 is 0 Å². The summed E-state index contributed by atoms with van der Waals surface area (Å²) in [5.74, 6) is 0. The summed E-state index contributed by atoms with van der Waals surface area (Å²) in [4.78, 5) is 11.5. The van der Waals surface area contributed by atoms with E-state index in [1.165, 1.54) is 567 Å². The molecule has 0 aromatic carbocycles. The summed E-state index contributed by atoms with van der Waals surface area (Å²) in [6, 6.07) is 0. The largest absolute Gasteiger partial charge is 0.315 e. The van der Waals surface area contributed by atoms with Crippen LogP contribution in [0.4, 0.5) is 0 Å². The van der Waals surface area contributed by atoms with Crippen LogP contribution in [0, 0.1) is 0 Å². The molecule has 97 heavy (non-hydrogen) atoms. The Kier molecular flexibility index (Phi) is 82.8. The molecule has 0 atom stereocenters. The van der Waals surface area contributed by atoms with E-state index in [-0.39, 0.29) is 0 Å². The summed E-state index contributed by atoms with van der Waals surface area (Å²) < 4.78 is 0. The van der Waals surface area contributed by atoms with Crippen LogP contribution in [0.1, 0.15) is 503 Å². The molecule has 0 saturated carbocycles. The van der Waals surface area contributed by atoms with Gasteiger partial charge in [-0.15, -0.1) is 0 Å². The van der Waals surface area contributed by atoms with Gasteiger partial charge in [-0.2, -0.15) is 0 Å². The molecular formula is C92H189N5. The van der Waals surface area contributed by atoms with Gasteiger partial charge in [0.15, 0.2) is 0 Å². The zero-order chi connectivity index (χ0) is 69.2. The van der Waals surface area contributed by atoms with Crippen LogP contribution in [0.3, 0.4) is 0 Å². The molecule has 0 unspecified atom stereocenters. The van der Waals surface area contributed by atoms with E-state index in [4.69, 9.17) is 0 Å². The lowest BCUT2D eigenvalue weighted by Crippen LogP contribution is -2.50. The van der Waals surface area contributed by atoms with E-state index in [9.17, 15) is 0 Å². The second-order valence-electron chi connectivity index (χ2n) is 32.9. The van der Waals surface area contributed by atoms with Gasteiger partial charge in [0.2, 0.25) is 0 Å². The maximum absolute atomic E-state index is 3.92. The highest BCUT2D eigenvalue weighted by Crippen LogP contribution is 2.21. The average Bonchev–Trinajstić information content (AvgIpc) is 2.18. The van der Waals surface area contributed by atoms with Crippen LogP contribution in [-0.2, 0) is 0 Å². The van der Waals surface area contributed by atoms with E-state index in [0.717, 1.165) is 0 Å². The van der Waals surface area contributed by atoms with Gasteiger partial charge in [-0.05, 0) is 51.9 Å². The Morgan fingerprint density at radius 3 is 0.505 bits per heavy atom. The summed E-state index contributed by atoms with van der Waals surface area (Å²) in [6.45, 7) is 27.0. The smallest absolute Gasteiger partial charge is 0.0110 e. The Morgan fingerprint density at radius 2 is 0.320 bits per heavy atom. The molecule has 5 nitrogen and oxygen atoms in total. The van der Waals surface area contributed by atoms with E-state index in [2.05, 4.69) is 52.6 Å². The topological polar surface area (TPSA) is 25.0 Å². The van der Waals surface area contributed by atoms with Crippen molar-refractivity contribution in [3.63, 3.8) is 0 Å². The molecule has 0 aliphatic carbocycles. The highest BCUT2D eigenvalue weighted by molar-refractivity contribution is 4.76. The Bertz CT molecular complexity index is 1330. The third-order valence-electron chi connectivity index (χ3n) is 23.2. The Morgan fingerprint density at radius 1 is 0.165 bits per heavy atom. The molecule has 1 aliphatic heterocycles. The average molecular weight is 1370 g/mol. The van der Waals surface area contributed by atoms with E-state index < -0.39 is 0 Å². The van der Waals surface area contributed by atoms with Gasteiger partial charge in [-0.25, -0.2) is 0 Å². The highest BCUT2D eigenvalue weighted by Gasteiger charge is 2.19. The lowest BCUT2D eigenvalue weighted by molar-refractivity contribution is 0.107. The van der Waals surface area contributed by atoms with Crippen molar-refractivity contribution in [1.29, 1.82) is 0 Å². The van der Waals surface area contributed by atoms with Crippen LogP contribution in [0.25, 0.3) is 0 Å². The van der Waals surface area contributed by atoms with Crippen LogP contribution >= 0.6 is 0 Å². The van der Waals surface area contributed by atoms with Crippen molar-refractivity contribution in [2.45, 2.75) is 503 Å². The molecule has 0 amide bonds. The van der Waals surface area contributed by atoms with E-state index in [1.54, 1.807) is 0 Å². The number of hydrogen-bond acceptors (Lipinski definition) is 5. The van der Waals surface area contributed by atoms with Crippen LogP contribution in [0.2, 0.25) is 0 Å². The van der Waals surface area contributed by atoms with Crippen LogP contribution in [0.15, 0.2) is 0 Å². The van der Waals surface area contributed by atoms with E-state index in [0.29, 0.717) is 0 Å². The number of piperazine rings is 1. The Labute approximate surface area is 616 Å². The zero-order valence-electron chi connectivity index (χ0n) is 68.5. The second-order valence-corrected chi connectivity index (χ2v) is 32.9. The first-order valence-corrected chi connectivity index (χ1v) is 46.8. The SMILES string of the molecule is CCCCCCCCCCCCCCCCCCCCCCNCCN(CCCCCCCCCCCCCCCCCCCC)CCN1CCN(CCN(CCCCCCCCCCCCCCCCCCCC)CCCCCCCCCCCCCCCCCCCC)CC1. The van der Waals surface area contributed by atoms with Crippen LogP contribution < -0.4 is 5.32 Å². The number of unbranched alkanes of at least 4 members (excludes halogenated alkanes) is 70. The molecule has 0 spiro atoms. The molecule has 582 valence electrons. The molecule has 5 heteroatoms. The van der Waals surface area contributed by atoms with Crippen LogP contribution in [-0.4, -0.2) is 111 Å². The molecule has 0 aromatic heterocycles. The summed E-state index contributed by atoms with van der Waals surface area (Å²) in [5, 5.41) is 3.92. The molecule has 1 saturated heterocycles. The molecule has 1 rings (SSSR count). The fourth-order valence-electron chi connectivity index (χ4n) is 16.1. The zero-order valence-corrected chi connectivity index (χ0v) is 68.5. The lowest BCUT2D eigenvalue weighted by atomic mass is 10.0. The number of rotatable bonds is 87. The van der Waals surface area contributed by atoms with Crippen molar-refractivity contribution in [2.75, 3.05) is 91.6 Å². The van der Waals surface area contributed by atoms with Crippen molar-refractivity contribution in [3.8, 4) is 0 Å². The van der Waals surface area contributed by atoms with E-state index >= 15 is 0 Å². The molecule has 1 heterocycles. The Hall–Kier alpha value is -0.200. The predicted octanol–water partition coefficient (Wildman–Crippen LogP) is 29.7. The highest BCUT2D eigenvalue weighted by atomic mass is 15.3. The number of hydrogen-bond donors (Lipinski definition) is 1. The van der Waals surface area contributed by atoms with Gasteiger partial charge in [-0.3, -0.25) is 9.80 Å². The second kappa shape index (κ2) is 84.7. The summed E-state index contributed by atoms with van der Waals surface area (Å²) in [7, 11) is 0. The van der Waals surface area contributed by atoms with E-state index in [1.807, 2.05) is 0 Å². The monoisotopic (exact) mass is 1360 g/mol. The fraction of sp³-hybridized carbons (Fsp3) is 1.00. The third kappa shape index (κ3) is 76.7. The quantitative estimate of drug-likeness (QED) is 0.0612. The normalized spacial score (nSPS) is 13.3. The van der Waals surface area contributed by atoms with Gasteiger partial charge in [0, 0.05) is 65.4 Å². The minimum Gasteiger partial charge on any atom is -0.315 e. The molecule has 1 fully saturated rings. The minimum absolute atomic E-state index is 1.17. The number of nitrogens with zero attached hydrogens (tertiary/aromatic N) is 4. The van der Waals surface area contributed by atoms with Crippen molar-refractivity contribution in [1.82, 2.24) is 24.9 Å². The lowest BCUT2D eigenvalue weighted by Gasteiger charge is -2.37. The first-order chi connectivity index (χ1) is 48.2. The first-order valence-electron chi connectivity index (χ1n) is 46.8.